The van der Waals surface area contributed by atoms with Crippen LogP contribution in [0.25, 0.3) is 0 Å². The minimum atomic E-state index is -0.603. The van der Waals surface area contributed by atoms with E-state index in [9.17, 15) is 4.79 Å². The lowest BCUT2D eigenvalue weighted by Crippen LogP contribution is -2.38. The van der Waals surface area contributed by atoms with Gasteiger partial charge in [0.25, 0.3) is 0 Å². The molecule has 3 heteroatoms. The van der Waals surface area contributed by atoms with E-state index in [0.29, 0.717) is 0 Å². The highest BCUT2D eigenvalue weighted by molar-refractivity contribution is 5.70. The van der Waals surface area contributed by atoms with Gasteiger partial charge in [0, 0.05) is 6.54 Å². The standard InChI is InChI=1S/C13H23NO2/c1-10-2-3-11(8-10)9-14-6-4-12(5-7-14)13(15)16/h10-12H,2-9H2,1H3,(H,15,16). The number of likely N-dealkylation sites (tertiary alicyclic amines) is 1. The molecule has 2 fully saturated rings. The molecule has 1 saturated carbocycles. The Labute approximate surface area is 97.8 Å². The molecule has 0 spiro atoms. The highest BCUT2D eigenvalue weighted by Gasteiger charge is 2.28. The third-order valence-corrected chi connectivity index (χ3v) is 4.26. The molecule has 1 aliphatic carbocycles. The van der Waals surface area contributed by atoms with E-state index in [2.05, 4.69) is 11.8 Å². The average molecular weight is 225 g/mol. The summed E-state index contributed by atoms with van der Waals surface area (Å²) >= 11 is 0. The third-order valence-electron chi connectivity index (χ3n) is 4.26. The molecule has 92 valence electrons. The normalized spacial score (nSPS) is 33.1. The molecule has 1 N–H and O–H groups in total. The van der Waals surface area contributed by atoms with Crippen LogP contribution in [-0.4, -0.2) is 35.6 Å². The third kappa shape index (κ3) is 2.97. The maximum atomic E-state index is 10.8. The van der Waals surface area contributed by atoms with Crippen molar-refractivity contribution in [3.8, 4) is 0 Å². The maximum Gasteiger partial charge on any atom is 0.306 e. The zero-order valence-corrected chi connectivity index (χ0v) is 10.2. The summed E-state index contributed by atoms with van der Waals surface area (Å²) in [6, 6.07) is 0. The average Bonchev–Trinajstić information content (AvgIpc) is 2.65. The molecule has 1 heterocycles. The number of carbonyl (C=O) groups is 1. The van der Waals surface area contributed by atoms with E-state index in [1.807, 2.05) is 0 Å². The number of hydrogen-bond donors (Lipinski definition) is 1. The molecular weight excluding hydrogens is 202 g/mol. The smallest absolute Gasteiger partial charge is 0.306 e. The first kappa shape index (κ1) is 11.9. The van der Waals surface area contributed by atoms with E-state index in [1.54, 1.807) is 0 Å². The van der Waals surface area contributed by atoms with Crippen LogP contribution in [0.5, 0.6) is 0 Å². The van der Waals surface area contributed by atoms with Crippen molar-refractivity contribution in [1.29, 1.82) is 0 Å². The Balaban J connectivity index is 1.71. The molecule has 2 rings (SSSR count). The number of piperidine rings is 1. The molecular formula is C13H23NO2. The predicted octanol–water partition coefficient (Wildman–Crippen LogP) is 2.22. The molecule has 0 bridgehead atoms. The van der Waals surface area contributed by atoms with E-state index in [4.69, 9.17) is 5.11 Å². The van der Waals surface area contributed by atoms with Gasteiger partial charge >= 0.3 is 5.97 Å². The van der Waals surface area contributed by atoms with Gasteiger partial charge in [-0.1, -0.05) is 13.3 Å². The van der Waals surface area contributed by atoms with Crippen LogP contribution in [0.3, 0.4) is 0 Å². The van der Waals surface area contributed by atoms with Crippen LogP contribution in [0.2, 0.25) is 0 Å². The van der Waals surface area contributed by atoms with Crippen molar-refractivity contribution in [2.45, 2.75) is 39.0 Å². The summed E-state index contributed by atoms with van der Waals surface area (Å²) in [5.74, 6) is 1.09. The minimum absolute atomic E-state index is 0.0845. The first-order valence-electron chi connectivity index (χ1n) is 6.60. The zero-order valence-electron chi connectivity index (χ0n) is 10.2. The number of carboxylic acids is 1. The van der Waals surface area contributed by atoms with E-state index in [-0.39, 0.29) is 5.92 Å². The van der Waals surface area contributed by atoms with Gasteiger partial charge in [0.1, 0.15) is 0 Å². The molecule has 0 radical (unpaired) electrons. The van der Waals surface area contributed by atoms with Crippen molar-refractivity contribution in [2.75, 3.05) is 19.6 Å². The quantitative estimate of drug-likeness (QED) is 0.800. The topological polar surface area (TPSA) is 40.5 Å². The Morgan fingerprint density at radius 1 is 1.25 bits per heavy atom. The fourth-order valence-electron chi connectivity index (χ4n) is 3.22. The zero-order chi connectivity index (χ0) is 11.5. The van der Waals surface area contributed by atoms with Crippen LogP contribution in [0, 0.1) is 17.8 Å². The maximum absolute atomic E-state index is 10.8. The summed E-state index contributed by atoms with van der Waals surface area (Å²) in [5.41, 5.74) is 0. The van der Waals surface area contributed by atoms with Gasteiger partial charge in [0.05, 0.1) is 5.92 Å². The molecule has 0 aromatic heterocycles. The van der Waals surface area contributed by atoms with E-state index < -0.39 is 5.97 Å². The number of hydrogen-bond acceptors (Lipinski definition) is 2. The molecule has 2 atom stereocenters. The van der Waals surface area contributed by atoms with Gasteiger partial charge in [-0.3, -0.25) is 4.79 Å². The van der Waals surface area contributed by atoms with Crippen molar-refractivity contribution in [1.82, 2.24) is 4.90 Å². The van der Waals surface area contributed by atoms with Gasteiger partial charge in [-0.15, -0.1) is 0 Å². The Morgan fingerprint density at radius 3 is 2.44 bits per heavy atom. The Hall–Kier alpha value is -0.570. The highest BCUT2D eigenvalue weighted by Crippen LogP contribution is 2.31. The number of aliphatic carboxylic acids is 1. The van der Waals surface area contributed by atoms with Gasteiger partial charge in [0.2, 0.25) is 0 Å². The second kappa shape index (κ2) is 5.17. The molecule has 2 unspecified atom stereocenters. The second-order valence-electron chi connectivity index (χ2n) is 5.70. The number of rotatable bonds is 3. The Morgan fingerprint density at radius 2 is 1.94 bits per heavy atom. The molecule has 2 aliphatic rings. The molecule has 16 heavy (non-hydrogen) atoms. The predicted molar refractivity (Wildman–Crippen MR) is 63.3 cm³/mol. The van der Waals surface area contributed by atoms with Crippen molar-refractivity contribution in [2.24, 2.45) is 17.8 Å². The van der Waals surface area contributed by atoms with E-state index in [0.717, 1.165) is 37.8 Å². The second-order valence-corrected chi connectivity index (χ2v) is 5.70. The molecule has 1 saturated heterocycles. The number of carboxylic acid groups (broad SMARTS) is 1. The van der Waals surface area contributed by atoms with Crippen LogP contribution in [0.4, 0.5) is 0 Å². The Kier molecular flexibility index (Phi) is 3.85. The van der Waals surface area contributed by atoms with Crippen molar-refractivity contribution in [3.05, 3.63) is 0 Å². The lowest BCUT2D eigenvalue weighted by molar-refractivity contribution is -0.143. The fraction of sp³-hybridized carbons (Fsp3) is 0.923. The summed E-state index contributed by atoms with van der Waals surface area (Å²) < 4.78 is 0. The summed E-state index contributed by atoms with van der Waals surface area (Å²) in [7, 11) is 0. The first-order chi connectivity index (χ1) is 7.65. The minimum Gasteiger partial charge on any atom is -0.481 e. The first-order valence-corrected chi connectivity index (χ1v) is 6.60. The van der Waals surface area contributed by atoms with Crippen LogP contribution >= 0.6 is 0 Å². The van der Waals surface area contributed by atoms with Gasteiger partial charge in [-0.2, -0.15) is 0 Å². The summed E-state index contributed by atoms with van der Waals surface area (Å²) in [4.78, 5) is 13.3. The van der Waals surface area contributed by atoms with Crippen LogP contribution in [0.1, 0.15) is 39.0 Å². The van der Waals surface area contributed by atoms with Gasteiger partial charge in [0.15, 0.2) is 0 Å². The molecule has 0 aromatic rings. The van der Waals surface area contributed by atoms with Crippen molar-refractivity contribution < 1.29 is 9.90 Å². The molecule has 0 aromatic carbocycles. The molecule has 1 aliphatic heterocycles. The lowest BCUT2D eigenvalue weighted by Gasteiger charge is -2.31. The lowest BCUT2D eigenvalue weighted by atomic mass is 9.96. The van der Waals surface area contributed by atoms with Crippen molar-refractivity contribution >= 4 is 5.97 Å². The fourth-order valence-corrected chi connectivity index (χ4v) is 3.22. The van der Waals surface area contributed by atoms with E-state index >= 15 is 0 Å². The largest absolute Gasteiger partial charge is 0.481 e. The van der Waals surface area contributed by atoms with Gasteiger partial charge in [-0.05, 0) is 50.6 Å². The van der Waals surface area contributed by atoms with E-state index in [1.165, 1.54) is 25.8 Å². The Bertz CT molecular complexity index is 246. The van der Waals surface area contributed by atoms with Crippen LogP contribution in [-0.2, 0) is 4.79 Å². The van der Waals surface area contributed by atoms with Crippen molar-refractivity contribution in [3.63, 3.8) is 0 Å². The monoisotopic (exact) mass is 225 g/mol. The summed E-state index contributed by atoms with van der Waals surface area (Å²) in [6.45, 7) is 5.52. The number of nitrogens with zero attached hydrogens (tertiary/aromatic N) is 1. The van der Waals surface area contributed by atoms with Crippen LogP contribution < -0.4 is 0 Å². The molecule has 3 nitrogen and oxygen atoms in total. The van der Waals surface area contributed by atoms with Crippen LogP contribution in [0.15, 0.2) is 0 Å². The highest BCUT2D eigenvalue weighted by atomic mass is 16.4. The SMILES string of the molecule is CC1CCC(CN2CCC(C(=O)O)CC2)C1. The van der Waals surface area contributed by atoms with Gasteiger partial charge < -0.3 is 10.0 Å². The van der Waals surface area contributed by atoms with Gasteiger partial charge in [-0.25, -0.2) is 0 Å². The summed E-state index contributed by atoms with van der Waals surface area (Å²) in [5, 5.41) is 8.92. The summed E-state index contributed by atoms with van der Waals surface area (Å²) in [6.07, 6.45) is 5.82. The molecule has 0 amide bonds.